The number of hydrogen-bond donors (Lipinski definition) is 2. The maximum atomic E-state index is 13.4. The Labute approximate surface area is 212 Å². The molecule has 2 aliphatic rings. The van der Waals surface area contributed by atoms with Crippen LogP contribution in [0.1, 0.15) is 31.5 Å². The van der Waals surface area contributed by atoms with Crippen molar-refractivity contribution in [2.24, 2.45) is 0 Å². The van der Waals surface area contributed by atoms with Crippen molar-refractivity contribution in [2.45, 2.75) is 40.2 Å². The van der Waals surface area contributed by atoms with Crippen LogP contribution in [0.4, 0.5) is 5.69 Å². The van der Waals surface area contributed by atoms with Gasteiger partial charge >= 0.3 is 0 Å². The number of nitrogens with zero attached hydrogens (tertiary/aromatic N) is 4. The van der Waals surface area contributed by atoms with Crippen molar-refractivity contribution in [3.63, 3.8) is 0 Å². The molecule has 1 aromatic heterocycles. The molecule has 9 nitrogen and oxygen atoms in total. The summed E-state index contributed by atoms with van der Waals surface area (Å²) in [4.78, 5) is 28.1. The largest absolute Gasteiger partial charge is 0.356 e. The van der Waals surface area contributed by atoms with Crippen LogP contribution in [0.5, 0.6) is 0 Å². The molecule has 0 atom stereocenters. The lowest BCUT2D eigenvalue weighted by Crippen LogP contribution is -2.48. The number of carbonyl (C=O) groups excluding carboxylic acids is 2. The van der Waals surface area contributed by atoms with Gasteiger partial charge in [0.05, 0.1) is 25.3 Å². The van der Waals surface area contributed by atoms with Crippen LogP contribution in [-0.4, -0.2) is 72.8 Å². The van der Waals surface area contributed by atoms with Gasteiger partial charge in [-0.1, -0.05) is 37.2 Å². The number of anilines is 1. The zero-order valence-electron chi connectivity index (χ0n) is 21.8. The molecule has 192 valence electrons. The number of fused-ring (bicyclic) bond motifs is 2. The quantitative estimate of drug-likeness (QED) is 0.493. The predicted octanol–water partition coefficient (Wildman–Crippen LogP) is 2.82. The average Bonchev–Trinajstić information content (AvgIpc) is 3.43. The lowest BCUT2D eigenvalue weighted by molar-refractivity contribution is -0.139. The van der Waals surface area contributed by atoms with E-state index >= 15 is 0 Å². The second-order valence-electron chi connectivity index (χ2n) is 9.71. The molecule has 0 radical (unpaired) electrons. The van der Waals surface area contributed by atoms with Crippen molar-refractivity contribution >= 4 is 28.5 Å². The van der Waals surface area contributed by atoms with Gasteiger partial charge in [-0.05, 0) is 49.1 Å². The van der Waals surface area contributed by atoms with Crippen molar-refractivity contribution in [1.82, 2.24) is 25.8 Å². The van der Waals surface area contributed by atoms with Crippen molar-refractivity contribution in [2.75, 3.05) is 44.7 Å². The average molecular weight is 493 g/mol. The number of aromatic nitrogens is 1. The Kier molecular flexibility index (Phi) is 7.79. The minimum Gasteiger partial charge on any atom is -0.356 e. The number of carbonyl (C=O) groups is 2. The van der Waals surface area contributed by atoms with Gasteiger partial charge in [0, 0.05) is 43.5 Å². The van der Waals surface area contributed by atoms with Crippen LogP contribution >= 0.6 is 0 Å². The lowest BCUT2D eigenvalue weighted by atomic mass is 10.0. The standard InChI is InChI=1S/C27H36N6O3/c1-18(2)28-10-11-29-26(34)16-32(24-13-23-20(4)30-36-25(23)12-19(24)3)17-27(35)31(5)33-14-21-8-6-7-9-22(21)15-33/h6-8,12-13,15,18,28H,9-11,14,16-17H2,1-5H3,(H,29,34). The number of hydrazine groups is 1. The molecule has 0 saturated heterocycles. The summed E-state index contributed by atoms with van der Waals surface area (Å²) in [5.41, 5.74) is 5.64. The Bertz CT molecular complexity index is 1230. The van der Waals surface area contributed by atoms with Crippen molar-refractivity contribution in [3.8, 4) is 0 Å². The van der Waals surface area contributed by atoms with Gasteiger partial charge < -0.3 is 20.1 Å². The molecule has 0 fully saturated rings. The van der Waals surface area contributed by atoms with E-state index in [1.807, 2.05) is 42.1 Å². The first kappa shape index (κ1) is 25.5. The summed E-state index contributed by atoms with van der Waals surface area (Å²) in [5, 5.41) is 14.8. The van der Waals surface area contributed by atoms with E-state index in [1.165, 1.54) is 11.1 Å². The first-order chi connectivity index (χ1) is 17.2. The number of nitrogens with one attached hydrogen (secondary N) is 2. The second-order valence-corrected chi connectivity index (χ2v) is 9.71. The van der Waals surface area contributed by atoms with E-state index in [0.717, 1.165) is 28.8 Å². The number of amides is 2. The Morgan fingerprint density at radius 1 is 1.17 bits per heavy atom. The number of benzene rings is 1. The fourth-order valence-electron chi connectivity index (χ4n) is 4.46. The smallest absolute Gasteiger partial charge is 0.260 e. The van der Waals surface area contributed by atoms with Crippen molar-refractivity contribution in [3.05, 3.63) is 59.0 Å². The number of aryl methyl sites for hydroxylation is 2. The van der Waals surface area contributed by atoms with E-state index < -0.39 is 0 Å². The molecule has 2 amide bonds. The molecule has 1 aliphatic carbocycles. The molecule has 4 rings (SSSR count). The maximum absolute atomic E-state index is 13.4. The van der Waals surface area contributed by atoms with E-state index in [4.69, 9.17) is 4.52 Å². The van der Waals surface area contributed by atoms with Crippen LogP contribution in [0, 0.1) is 13.8 Å². The third-order valence-electron chi connectivity index (χ3n) is 6.54. The molecule has 1 aromatic carbocycles. The SMILES string of the molecule is Cc1cc2onc(C)c2cc1N(CC(=O)NCCNC(C)C)CC(=O)N(C)N1C=C2CC=CC=C2C1. The predicted molar refractivity (Wildman–Crippen MR) is 141 cm³/mol. The van der Waals surface area contributed by atoms with Gasteiger partial charge in [0.2, 0.25) is 5.91 Å². The highest BCUT2D eigenvalue weighted by Gasteiger charge is 2.26. The van der Waals surface area contributed by atoms with Gasteiger partial charge in [0.25, 0.3) is 5.91 Å². The zero-order valence-corrected chi connectivity index (χ0v) is 21.8. The summed E-state index contributed by atoms with van der Waals surface area (Å²) in [6.45, 7) is 9.95. The number of hydrogen-bond acceptors (Lipinski definition) is 7. The van der Waals surface area contributed by atoms with Crippen LogP contribution in [0.15, 0.2) is 52.2 Å². The highest BCUT2D eigenvalue weighted by atomic mass is 16.5. The Morgan fingerprint density at radius 3 is 2.72 bits per heavy atom. The molecular formula is C27H36N6O3. The van der Waals surface area contributed by atoms with Gasteiger partial charge in [0.15, 0.2) is 5.58 Å². The summed E-state index contributed by atoms with van der Waals surface area (Å²) in [6.07, 6.45) is 9.17. The minimum atomic E-state index is -0.136. The number of rotatable bonds is 10. The summed E-state index contributed by atoms with van der Waals surface area (Å²) in [7, 11) is 1.78. The molecular weight excluding hydrogens is 456 g/mol. The van der Waals surface area contributed by atoms with Gasteiger partial charge in [-0.25, -0.2) is 0 Å². The Morgan fingerprint density at radius 2 is 1.97 bits per heavy atom. The zero-order chi connectivity index (χ0) is 25.8. The first-order valence-electron chi connectivity index (χ1n) is 12.4. The first-order valence-corrected chi connectivity index (χ1v) is 12.4. The second kappa shape index (κ2) is 11.0. The van der Waals surface area contributed by atoms with E-state index in [-0.39, 0.29) is 24.9 Å². The van der Waals surface area contributed by atoms with E-state index in [2.05, 4.69) is 47.9 Å². The van der Waals surface area contributed by atoms with E-state index in [0.29, 0.717) is 31.3 Å². The summed E-state index contributed by atoms with van der Waals surface area (Å²) in [6, 6.07) is 4.22. The highest BCUT2D eigenvalue weighted by Crippen LogP contribution is 2.30. The maximum Gasteiger partial charge on any atom is 0.260 e. The molecule has 2 heterocycles. The van der Waals surface area contributed by atoms with Crippen LogP contribution in [0.25, 0.3) is 11.0 Å². The fourth-order valence-corrected chi connectivity index (χ4v) is 4.46. The van der Waals surface area contributed by atoms with Crippen molar-refractivity contribution in [1.29, 1.82) is 0 Å². The Hall–Kier alpha value is -3.59. The monoisotopic (exact) mass is 492 g/mol. The Balaban J connectivity index is 1.51. The molecule has 9 heteroatoms. The fraction of sp³-hybridized carbons (Fsp3) is 0.444. The highest BCUT2D eigenvalue weighted by molar-refractivity contribution is 5.90. The third kappa shape index (κ3) is 5.79. The number of allylic oxidation sites excluding steroid dienone is 3. The molecule has 2 aromatic rings. The molecule has 2 N–H and O–H groups in total. The summed E-state index contributed by atoms with van der Waals surface area (Å²) >= 11 is 0. The summed E-state index contributed by atoms with van der Waals surface area (Å²) < 4.78 is 5.41. The summed E-state index contributed by atoms with van der Waals surface area (Å²) in [5.74, 6) is -0.238. The molecule has 0 saturated carbocycles. The topological polar surface area (TPSA) is 93.9 Å². The lowest BCUT2D eigenvalue weighted by Gasteiger charge is -2.32. The third-order valence-corrected chi connectivity index (χ3v) is 6.54. The van der Waals surface area contributed by atoms with Crippen molar-refractivity contribution < 1.29 is 14.1 Å². The van der Waals surface area contributed by atoms with Gasteiger partial charge in [0.1, 0.15) is 0 Å². The minimum absolute atomic E-state index is 0.0574. The van der Waals surface area contributed by atoms with E-state index in [1.54, 1.807) is 12.1 Å². The molecule has 36 heavy (non-hydrogen) atoms. The van der Waals surface area contributed by atoms with Gasteiger partial charge in [-0.2, -0.15) is 0 Å². The van der Waals surface area contributed by atoms with Gasteiger partial charge in [-0.15, -0.1) is 0 Å². The van der Waals surface area contributed by atoms with Crippen LogP contribution in [0.2, 0.25) is 0 Å². The van der Waals surface area contributed by atoms with Gasteiger partial charge in [-0.3, -0.25) is 19.6 Å². The van der Waals surface area contributed by atoms with Crippen LogP contribution < -0.4 is 15.5 Å². The molecule has 0 bridgehead atoms. The van der Waals surface area contributed by atoms with Crippen LogP contribution in [-0.2, 0) is 9.59 Å². The molecule has 0 spiro atoms. The normalized spacial score (nSPS) is 14.7. The van der Waals surface area contributed by atoms with Crippen LogP contribution in [0.3, 0.4) is 0 Å². The number of likely N-dealkylation sites (N-methyl/N-ethyl adjacent to an activating group) is 1. The van der Waals surface area contributed by atoms with E-state index in [9.17, 15) is 9.59 Å². The molecule has 0 unspecified atom stereocenters. The molecule has 1 aliphatic heterocycles.